The summed E-state index contributed by atoms with van der Waals surface area (Å²) in [6, 6.07) is 0. The smallest absolute Gasteiger partial charge is 0.432 e. The van der Waals surface area contributed by atoms with E-state index in [1.807, 2.05) is 11.9 Å². The van der Waals surface area contributed by atoms with E-state index in [1.165, 1.54) is 0 Å². The third-order valence-corrected chi connectivity index (χ3v) is 5.97. The van der Waals surface area contributed by atoms with E-state index in [-0.39, 0.29) is 19.1 Å². The number of imidazole rings is 1. The maximum atomic E-state index is 13.1. The molecule has 2 rings (SSSR count). The number of rotatable bonds is 16. The zero-order valence-electron chi connectivity index (χ0n) is 22.6. The van der Waals surface area contributed by atoms with Crippen LogP contribution in [-0.2, 0) is 43.8 Å². The van der Waals surface area contributed by atoms with Gasteiger partial charge in [-0.05, 0) is 27.7 Å². The average molecular weight is 575 g/mol. The topological polar surface area (TPSA) is 189 Å². The second-order valence-electron chi connectivity index (χ2n) is 8.45. The molecule has 2 aromatic heterocycles. The number of nitrogens with two attached hydrogens (primary N) is 1. The summed E-state index contributed by atoms with van der Waals surface area (Å²) >= 11 is 0. The van der Waals surface area contributed by atoms with Gasteiger partial charge in [0.1, 0.15) is 6.35 Å². The fourth-order valence-corrected chi connectivity index (χ4v) is 3.87. The Bertz CT molecular complexity index is 1130. The molecule has 39 heavy (non-hydrogen) atoms. The van der Waals surface area contributed by atoms with Crippen LogP contribution in [0.25, 0.3) is 11.2 Å². The van der Waals surface area contributed by atoms with Crippen LogP contribution in [0.5, 0.6) is 0 Å². The predicted octanol–water partition coefficient (Wildman–Crippen LogP) is 3.27. The first kappa shape index (κ1) is 31.8. The number of hydrogen-bond donors (Lipinski definition) is 1. The highest BCUT2D eigenvalue weighted by Crippen LogP contribution is 2.48. The van der Waals surface area contributed by atoms with Crippen molar-refractivity contribution in [3.8, 4) is 0 Å². The first-order chi connectivity index (χ1) is 18.4. The number of nitrogens with zero attached hydrogens (tertiary/aromatic N) is 5. The van der Waals surface area contributed by atoms with Crippen LogP contribution < -0.4 is 10.6 Å². The summed E-state index contributed by atoms with van der Waals surface area (Å²) in [6.45, 7) is 9.50. The summed E-state index contributed by atoms with van der Waals surface area (Å²) in [7, 11) is -2.25. The molecular formula is C22H35N6O10P. The lowest BCUT2D eigenvalue weighted by Crippen LogP contribution is -2.19. The van der Waals surface area contributed by atoms with Crippen molar-refractivity contribution in [2.75, 3.05) is 50.8 Å². The van der Waals surface area contributed by atoms with E-state index in [9.17, 15) is 14.2 Å². The Morgan fingerprint density at radius 2 is 1.69 bits per heavy atom. The summed E-state index contributed by atoms with van der Waals surface area (Å²) < 4.78 is 49.6. The van der Waals surface area contributed by atoms with E-state index in [0.29, 0.717) is 23.5 Å². The van der Waals surface area contributed by atoms with Crippen LogP contribution in [0.3, 0.4) is 0 Å². The molecule has 0 bridgehead atoms. The van der Waals surface area contributed by atoms with Gasteiger partial charge in [-0.2, -0.15) is 9.97 Å². The van der Waals surface area contributed by atoms with Crippen LogP contribution in [0.15, 0.2) is 19.0 Å². The molecule has 0 aliphatic heterocycles. The van der Waals surface area contributed by atoms with Crippen molar-refractivity contribution in [2.24, 2.45) is 0 Å². The molecule has 0 atom stereocenters. The van der Waals surface area contributed by atoms with Gasteiger partial charge in [-0.15, -0.1) is 6.58 Å². The molecule has 0 aliphatic rings. The Kier molecular flexibility index (Phi) is 12.4. The molecule has 17 heteroatoms. The molecule has 0 aliphatic carbocycles. The largest absolute Gasteiger partial charge is 0.510 e. The van der Waals surface area contributed by atoms with Gasteiger partial charge in [-0.3, -0.25) is 13.6 Å². The van der Waals surface area contributed by atoms with Gasteiger partial charge >= 0.3 is 19.9 Å². The first-order valence-electron chi connectivity index (χ1n) is 11.9. The summed E-state index contributed by atoms with van der Waals surface area (Å²) in [4.78, 5) is 37.8. The summed E-state index contributed by atoms with van der Waals surface area (Å²) in [5, 5.41) is 0. The molecule has 0 fully saturated rings. The molecule has 2 heterocycles. The molecule has 2 aromatic rings. The first-order valence-corrected chi connectivity index (χ1v) is 13.6. The average Bonchev–Trinajstić information content (AvgIpc) is 3.23. The van der Waals surface area contributed by atoms with Crippen molar-refractivity contribution in [1.29, 1.82) is 0 Å². The van der Waals surface area contributed by atoms with Crippen molar-refractivity contribution in [3.63, 3.8) is 0 Å². The maximum absolute atomic E-state index is 13.1. The minimum Gasteiger partial charge on any atom is -0.432 e. The molecule has 0 saturated heterocycles. The van der Waals surface area contributed by atoms with Crippen molar-refractivity contribution in [2.45, 2.75) is 46.4 Å². The van der Waals surface area contributed by atoms with Crippen LogP contribution >= 0.6 is 7.60 Å². The number of carbonyl (C=O) groups excluding carboxylic acids is 2. The molecule has 2 N–H and O–H groups in total. The Labute approximate surface area is 225 Å². The van der Waals surface area contributed by atoms with Gasteiger partial charge in [0.05, 0.1) is 25.1 Å². The van der Waals surface area contributed by atoms with E-state index < -0.39 is 52.0 Å². The zero-order chi connectivity index (χ0) is 29.0. The fraction of sp³-hybridized carbons (Fsp3) is 0.591. The molecule has 0 amide bonds. The van der Waals surface area contributed by atoms with Crippen molar-refractivity contribution < 1.29 is 46.9 Å². The molecular weight excluding hydrogens is 539 g/mol. The van der Waals surface area contributed by atoms with Crippen LogP contribution in [-0.4, -0.2) is 84.2 Å². The van der Waals surface area contributed by atoms with Crippen molar-refractivity contribution in [1.82, 2.24) is 19.5 Å². The number of ether oxygens (including phenoxy) is 5. The number of aromatic nitrogens is 4. The van der Waals surface area contributed by atoms with Gasteiger partial charge in [0.15, 0.2) is 17.0 Å². The van der Waals surface area contributed by atoms with Crippen LogP contribution in [0.4, 0.5) is 21.4 Å². The normalized spacial score (nSPS) is 11.6. The Hall–Kier alpha value is -3.46. The quantitative estimate of drug-likeness (QED) is 0.101. The standard InChI is InChI=1S/C22H35N6O10P/c1-7-8-27(6)18-17-19(26-20(23)25-18)28(11-24-17)9-10-32-14-39(31,35-12-33-21(29)37-15(2)3)36-13-34-22(30)38-16(4)5/h7,11,15-16H,1,8-10,12-14H2,2-6H3,(H2,23,25,26). The van der Waals surface area contributed by atoms with Gasteiger partial charge in [0.2, 0.25) is 19.5 Å². The second-order valence-corrected chi connectivity index (χ2v) is 10.4. The van der Waals surface area contributed by atoms with E-state index in [4.69, 9.17) is 38.5 Å². The fourth-order valence-electron chi connectivity index (χ4n) is 2.87. The number of anilines is 2. The number of nitrogen functional groups attached to an aromatic ring is 1. The number of carbonyl (C=O) groups is 2. The SMILES string of the molecule is C=CCN(C)c1nc(N)nc2c1ncn2CCOCP(=O)(OCOC(=O)OC(C)C)OCOC(=O)OC(C)C. The lowest BCUT2D eigenvalue weighted by Gasteiger charge is -2.19. The molecule has 0 radical (unpaired) electrons. The number of hydrogen-bond acceptors (Lipinski definition) is 15. The summed E-state index contributed by atoms with van der Waals surface area (Å²) in [6.07, 6.45) is -0.211. The van der Waals surface area contributed by atoms with E-state index in [1.54, 1.807) is 44.7 Å². The van der Waals surface area contributed by atoms with Gasteiger partial charge in [0, 0.05) is 20.1 Å². The van der Waals surface area contributed by atoms with Gasteiger partial charge in [-0.25, -0.2) is 14.6 Å². The van der Waals surface area contributed by atoms with Crippen LogP contribution in [0.2, 0.25) is 0 Å². The van der Waals surface area contributed by atoms with E-state index in [0.717, 1.165) is 0 Å². The van der Waals surface area contributed by atoms with Crippen LogP contribution in [0.1, 0.15) is 27.7 Å². The lowest BCUT2D eigenvalue weighted by atomic mass is 10.4. The highest BCUT2D eigenvalue weighted by molar-refractivity contribution is 7.53. The Morgan fingerprint density at radius 3 is 2.23 bits per heavy atom. The van der Waals surface area contributed by atoms with Crippen LogP contribution in [0, 0.1) is 0 Å². The minimum atomic E-state index is -4.07. The third-order valence-electron chi connectivity index (χ3n) is 4.47. The lowest BCUT2D eigenvalue weighted by molar-refractivity contribution is -0.0344. The number of fused-ring (bicyclic) bond motifs is 1. The molecule has 0 saturated carbocycles. The Balaban J connectivity index is 2.00. The zero-order valence-corrected chi connectivity index (χ0v) is 23.5. The van der Waals surface area contributed by atoms with E-state index in [2.05, 4.69) is 21.5 Å². The maximum Gasteiger partial charge on any atom is 0.510 e. The third kappa shape index (κ3) is 10.7. The molecule has 0 aromatic carbocycles. The molecule has 0 unspecified atom stereocenters. The molecule has 16 nitrogen and oxygen atoms in total. The molecule has 0 spiro atoms. The second kappa shape index (κ2) is 15.2. The van der Waals surface area contributed by atoms with Crippen molar-refractivity contribution >= 4 is 42.8 Å². The summed E-state index contributed by atoms with van der Waals surface area (Å²) in [5.74, 6) is 0.602. The summed E-state index contributed by atoms with van der Waals surface area (Å²) in [5.41, 5.74) is 6.88. The Morgan fingerprint density at radius 1 is 1.10 bits per heavy atom. The predicted molar refractivity (Wildman–Crippen MR) is 139 cm³/mol. The van der Waals surface area contributed by atoms with Gasteiger partial charge < -0.3 is 38.9 Å². The highest BCUT2D eigenvalue weighted by Gasteiger charge is 2.28. The van der Waals surface area contributed by atoms with E-state index >= 15 is 0 Å². The number of likely N-dealkylation sites (N-methyl/N-ethyl adjacent to an activating group) is 1. The monoisotopic (exact) mass is 574 g/mol. The van der Waals surface area contributed by atoms with Crippen molar-refractivity contribution in [3.05, 3.63) is 19.0 Å². The highest BCUT2D eigenvalue weighted by atomic mass is 31.2. The van der Waals surface area contributed by atoms with Gasteiger partial charge in [0.25, 0.3) is 0 Å². The minimum absolute atomic E-state index is 0.0242. The van der Waals surface area contributed by atoms with Gasteiger partial charge in [-0.1, -0.05) is 6.08 Å². The molecule has 218 valence electrons.